The van der Waals surface area contributed by atoms with E-state index in [-0.39, 0.29) is 19.6 Å². The van der Waals surface area contributed by atoms with Gasteiger partial charge in [-0.25, -0.2) is 4.79 Å². The number of hydrogen-bond donors (Lipinski definition) is 4. The first-order valence-electron chi connectivity index (χ1n) is 10.7. The summed E-state index contributed by atoms with van der Waals surface area (Å²) in [7, 11) is 0. The lowest BCUT2D eigenvalue weighted by atomic mass is 10.00. The van der Waals surface area contributed by atoms with Gasteiger partial charge in [0.25, 0.3) is 0 Å². The summed E-state index contributed by atoms with van der Waals surface area (Å²) in [5.74, 6) is -0.390. The number of ether oxygens (including phenoxy) is 3. The van der Waals surface area contributed by atoms with Gasteiger partial charge in [0.05, 0.1) is 18.8 Å². The van der Waals surface area contributed by atoms with Gasteiger partial charge < -0.3 is 34.6 Å². The highest BCUT2D eigenvalue weighted by Gasteiger charge is 2.39. The molecule has 0 unspecified atom stereocenters. The molecule has 4 atom stereocenters. The highest BCUT2D eigenvalue weighted by atomic mass is 16.7. The van der Waals surface area contributed by atoms with Crippen LogP contribution >= 0.6 is 0 Å². The zero-order valence-electron chi connectivity index (χ0n) is 18.0. The lowest BCUT2D eigenvalue weighted by molar-refractivity contribution is -0.243. The number of aliphatic hydroxyl groups excluding tert-OH is 4. The smallest absolute Gasteiger partial charge is 0.331 e. The predicted molar refractivity (Wildman–Crippen MR) is 115 cm³/mol. The lowest BCUT2D eigenvalue weighted by Gasteiger charge is -2.37. The Labute approximate surface area is 187 Å². The summed E-state index contributed by atoms with van der Waals surface area (Å²) >= 11 is 0. The molecule has 1 aliphatic heterocycles. The molecule has 8 nitrogen and oxygen atoms in total. The largest absolute Gasteiger partial charge is 0.462 e. The molecule has 0 bridgehead atoms. The third kappa shape index (κ3) is 6.27. The fourth-order valence-electron chi connectivity index (χ4n) is 3.54. The highest BCUT2D eigenvalue weighted by molar-refractivity contribution is 5.70. The van der Waals surface area contributed by atoms with E-state index in [1.54, 1.807) is 12.1 Å². The van der Waals surface area contributed by atoms with Crippen LogP contribution in [0.2, 0.25) is 0 Å². The summed E-state index contributed by atoms with van der Waals surface area (Å²) in [6, 6.07) is 13.6. The van der Waals surface area contributed by atoms with E-state index in [4.69, 9.17) is 19.3 Å². The van der Waals surface area contributed by atoms with E-state index in [2.05, 4.69) is 19.1 Å². The van der Waals surface area contributed by atoms with Crippen LogP contribution in [0.3, 0.4) is 0 Å². The van der Waals surface area contributed by atoms with Crippen LogP contribution in [0, 0.1) is 0 Å². The SMILES string of the molecule is CCc1ccc(Cc2ccc(CO)cc2O[C@@H]2O[C@H](COC(=O)CO)C[C@H](O)[C@H]2O)cc1. The average molecular weight is 446 g/mol. The number of aliphatic hydroxyl groups is 4. The molecule has 4 N–H and O–H groups in total. The van der Waals surface area contributed by atoms with Crippen LogP contribution in [0.25, 0.3) is 0 Å². The summed E-state index contributed by atoms with van der Waals surface area (Å²) in [6.45, 7) is 0.972. The van der Waals surface area contributed by atoms with E-state index in [9.17, 15) is 20.1 Å². The maximum atomic E-state index is 11.2. The minimum atomic E-state index is -1.31. The monoisotopic (exact) mass is 446 g/mol. The fourth-order valence-corrected chi connectivity index (χ4v) is 3.54. The van der Waals surface area contributed by atoms with Crippen molar-refractivity contribution >= 4 is 5.97 Å². The Morgan fingerprint density at radius 3 is 2.41 bits per heavy atom. The highest BCUT2D eigenvalue weighted by Crippen LogP contribution is 2.29. The van der Waals surface area contributed by atoms with Crippen LogP contribution in [-0.4, -0.2) is 64.2 Å². The van der Waals surface area contributed by atoms with Crippen LogP contribution in [-0.2, 0) is 33.7 Å². The van der Waals surface area contributed by atoms with E-state index in [0.717, 1.165) is 17.5 Å². The zero-order chi connectivity index (χ0) is 23.1. The van der Waals surface area contributed by atoms with E-state index >= 15 is 0 Å². The summed E-state index contributed by atoms with van der Waals surface area (Å²) in [5.41, 5.74) is 3.76. The van der Waals surface area contributed by atoms with Crippen molar-refractivity contribution in [2.24, 2.45) is 0 Å². The van der Waals surface area contributed by atoms with E-state index in [0.29, 0.717) is 17.7 Å². The molecule has 8 heteroatoms. The molecule has 2 aromatic rings. The number of hydrogen-bond acceptors (Lipinski definition) is 8. The number of benzene rings is 2. The van der Waals surface area contributed by atoms with Crippen molar-refractivity contribution < 1.29 is 39.4 Å². The second-order valence-corrected chi connectivity index (χ2v) is 7.83. The molecule has 0 spiro atoms. The number of aryl methyl sites for hydroxylation is 1. The third-order valence-electron chi connectivity index (χ3n) is 5.45. The summed E-state index contributed by atoms with van der Waals surface area (Å²) < 4.78 is 16.6. The van der Waals surface area contributed by atoms with Crippen molar-refractivity contribution in [2.75, 3.05) is 13.2 Å². The average Bonchev–Trinajstić information content (AvgIpc) is 2.81. The van der Waals surface area contributed by atoms with Crippen molar-refractivity contribution in [3.8, 4) is 5.75 Å². The van der Waals surface area contributed by atoms with Gasteiger partial charge in [-0.1, -0.05) is 43.3 Å². The Morgan fingerprint density at radius 2 is 1.75 bits per heavy atom. The van der Waals surface area contributed by atoms with E-state index in [1.165, 1.54) is 5.56 Å². The molecule has 174 valence electrons. The van der Waals surface area contributed by atoms with Gasteiger partial charge in [-0.3, -0.25) is 0 Å². The molecule has 32 heavy (non-hydrogen) atoms. The second-order valence-electron chi connectivity index (χ2n) is 7.83. The van der Waals surface area contributed by atoms with E-state index in [1.807, 2.05) is 18.2 Å². The lowest BCUT2D eigenvalue weighted by Crippen LogP contribution is -2.52. The predicted octanol–water partition coefficient (Wildman–Crippen LogP) is 1.08. The Morgan fingerprint density at radius 1 is 1.06 bits per heavy atom. The molecule has 0 radical (unpaired) electrons. The van der Waals surface area contributed by atoms with Gasteiger partial charge in [-0.15, -0.1) is 0 Å². The van der Waals surface area contributed by atoms with Crippen LogP contribution in [0.5, 0.6) is 5.75 Å². The van der Waals surface area contributed by atoms with Crippen molar-refractivity contribution in [3.05, 3.63) is 64.7 Å². The molecule has 0 amide bonds. The second kappa shape index (κ2) is 11.4. The molecular weight excluding hydrogens is 416 g/mol. The van der Waals surface area contributed by atoms with Gasteiger partial charge in [0.1, 0.15) is 25.1 Å². The van der Waals surface area contributed by atoms with Gasteiger partial charge in [0, 0.05) is 12.8 Å². The van der Waals surface area contributed by atoms with Crippen LogP contribution in [0.1, 0.15) is 35.6 Å². The normalized spacial score (nSPS) is 23.0. The van der Waals surface area contributed by atoms with Crippen molar-refractivity contribution in [1.29, 1.82) is 0 Å². The summed E-state index contributed by atoms with van der Waals surface area (Å²) in [4.78, 5) is 11.2. The standard InChI is InChI=1S/C24H30O8/c1-2-15-3-5-16(6-4-15)9-18-8-7-17(12-25)10-21(18)32-24-23(29)20(27)11-19(31-24)14-30-22(28)13-26/h3-8,10,19-20,23-27,29H,2,9,11-14H2,1H3/t19-,20-,23+,24-/m0/s1. The quantitative estimate of drug-likeness (QED) is 0.422. The van der Waals surface area contributed by atoms with Gasteiger partial charge in [-0.2, -0.15) is 0 Å². The Hall–Kier alpha value is -2.49. The van der Waals surface area contributed by atoms with Gasteiger partial charge in [-0.05, 0) is 34.7 Å². The summed E-state index contributed by atoms with van der Waals surface area (Å²) in [6.07, 6.45) is -2.80. The molecule has 0 aromatic heterocycles. The number of rotatable bonds is 9. The molecule has 1 heterocycles. The molecule has 1 aliphatic rings. The first-order valence-corrected chi connectivity index (χ1v) is 10.7. The van der Waals surface area contributed by atoms with E-state index < -0.39 is 37.2 Å². The fraction of sp³-hybridized carbons (Fsp3) is 0.458. The Balaban J connectivity index is 1.77. The third-order valence-corrected chi connectivity index (χ3v) is 5.45. The minimum Gasteiger partial charge on any atom is -0.462 e. The number of esters is 1. The van der Waals surface area contributed by atoms with Crippen LogP contribution in [0.4, 0.5) is 0 Å². The molecule has 1 saturated heterocycles. The molecule has 3 rings (SSSR count). The number of carbonyl (C=O) groups is 1. The van der Waals surface area contributed by atoms with Crippen LogP contribution < -0.4 is 4.74 Å². The zero-order valence-corrected chi connectivity index (χ0v) is 18.0. The van der Waals surface area contributed by atoms with Crippen molar-refractivity contribution in [1.82, 2.24) is 0 Å². The molecule has 0 aliphatic carbocycles. The van der Waals surface area contributed by atoms with Crippen LogP contribution in [0.15, 0.2) is 42.5 Å². The summed E-state index contributed by atoms with van der Waals surface area (Å²) in [5, 5.41) is 39.0. The van der Waals surface area contributed by atoms with Crippen molar-refractivity contribution in [2.45, 2.75) is 57.4 Å². The first kappa shape index (κ1) is 24.2. The van der Waals surface area contributed by atoms with Gasteiger partial charge in [0.15, 0.2) is 0 Å². The first-order chi connectivity index (χ1) is 15.4. The number of carbonyl (C=O) groups excluding carboxylic acids is 1. The van der Waals surface area contributed by atoms with Gasteiger partial charge >= 0.3 is 5.97 Å². The Kier molecular flexibility index (Phi) is 8.60. The Bertz CT molecular complexity index is 882. The molecular formula is C24H30O8. The topological polar surface area (TPSA) is 126 Å². The molecule has 1 fully saturated rings. The maximum Gasteiger partial charge on any atom is 0.331 e. The van der Waals surface area contributed by atoms with Crippen molar-refractivity contribution in [3.63, 3.8) is 0 Å². The maximum absolute atomic E-state index is 11.2. The minimum absolute atomic E-state index is 0.0487. The van der Waals surface area contributed by atoms with Gasteiger partial charge in [0.2, 0.25) is 6.29 Å². The molecule has 2 aromatic carbocycles. The molecule has 0 saturated carbocycles.